The van der Waals surface area contributed by atoms with Gasteiger partial charge in [0.2, 0.25) is 0 Å². The predicted molar refractivity (Wildman–Crippen MR) is 110 cm³/mol. The highest BCUT2D eigenvalue weighted by Gasteiger charge is 2.16. The number of carbonyl (C=O) groups is 1. The average Bonchev–Trinajstić information content (AvgIpc) is 3.16. The van der Waals surface area contributed by atoms with Gasteiger partial charge in [0, 0.05) is 11.3 Å². The molecular weight excluding hydrogens is 354 g/mol. The van der Waals surface area contributed by atoms with E-state index >= 15 is 0 Å². The lowest BCUT2D eigenvalue weighted by Crippen LogP contribution is -2.14. The molecule has 0 fully saturated rings. The van der Waals surface area contributed by atoms with E-state index in [2.05, 4.69) is 26.1 Å². The van der Waals surface area contributed by atoms with Crippen LogP contribution >= 0.6 is 0 Å². The van der Waals surface area contributed by atoms with Gasteiger partial charge in [0.05, 0.1) is 12.7 Å². The summed E-state index contributed by atoms with van der Waals surface area (Å²) in [6.07, 6.45) is 0. The van der Waals surface area contributed by atoms with E-state index in [-0.39, 0.29) is 17.9 Å². The molecular formula is C23H25NO4. The standard InChI is InChI=1S/C23H25NO4/c1-23(2,3)16-7-5-15(6-8-16)22(26)24-17-9-11-20(27-4)19(13-17)21-12-10-18(14-25)28-21/h5-13,25H,14H2,1-4H3,(H,24,26). The third kappa shape index (κ3) is 4.26. The largest absolute Gasteiger partial charge is 0.496 e. The van der Waals surface area contributed by atoms with E-state index in [1.807, 2.05) is 24.3 Å². The van der Waals surface area contributed by atoms with Crippen LogP contribution in [0.1, 0.15) is 42.5 Å². The van der Waals surface area contributed by atoms with E-state index in [9.17, 15) is 9.90 Å². The molecule has 3 rings (SSSR count). The van der Waals surface area contributed by atoms with Crippen LogP contribution in [0.5, 0.6) is 5.75 Å². The SMILES string of the molecule is COc1ccc(NC(=O)c2ccc(C(C)(C)C)cc2)cc1-c1ccc(CO)o1. The van der Waals surface area contributed by atoms with Crippen molar-refractivity contribution in [1.82, 2.24) is 0 Å². The summed E-state index contributed by atoms with van der Waals surface area (Å²) >= 11 is 0. The Bertz CT molecular complexity index is 965. The second kappa shape index (κ2) is 7.90. The molecule has 0 aliphatic rings. The number of aliphatic hydroxyl groups is 1. The Morgan fingerprint density at radius 2 is 1.79 bits per heavy atom. The fraction of sp³-hybridized carbons (Fsp3) is 0.261. The molecule has 1 aromatic heterocycles. The van der Waals surface area contributed by atoms with Crippen LogP contribution in [0.15, 0.2) is 59.0 Å². The molecule has 2 aromatic carbocycles. The van der Waals surface area contributed by atoms with E-state index in [0.29, 0.717) is 34.1 Å². The molecule has 1 heterocycles. The van der Waals surface area contributed by atoms with Crippen molar-refractivity contribution >= 4 is 11.6 Å². The minimum atomic E-state index is -0.188. The number of anilines is 1. The van der Waals surface area contributed by atoms with Gasteiger partial charge in [-0.1, -0.05) is 32.9 Å². The van der Waals surface area contributed by atoms with Crippen LogP contribution in [-0.4, -0.2) is 18.1 Å². The van der Waals surface area contributed by atoms with Crippen LogP contribution < -0.4 is 10.1 Å². The molecule has 3 aromatic rings. The third-order valence-corrected chi connectivity index (χ3v) is 4.55. The van der Waals surface area contributed by atoms with Crippen molar-refractivity contribution < 1.29 is 19.1 Å². The number of hydrogen-bond acceptors (Lipinski definition) is 4. The monoisotopic (exact) mass is 379 g/mol. The number of benzene rings is 2. The van der Waals surface area contributed by atoms with Gasteiger partial charge in [0.15, 0.2) is 0 Å². The normalized spacial score (nSPS) is 11.3. The Morgan fingerprint density at radius 3 is 2.36 bits per heavy atom. The first kappa shape index (κ1) is 19.7. The van der Waals surface area contributed by atoms with Crippen LogP contribution in [0.3, 0.4) is 0 Å². The first-order valence-electron chi connectivity index (χ1n) is 9.11. The quantitative estimate of drug-likeness (QED) is 0.655. The van der Waals surface area contributed by atoms with Crippen LogP contribution in [-0.2, 0) is 12.0 Å². The Morgan fingerprint density at radius 1 is 1.07 bits per heavy atom. The Balaban J connectivity index is 1.84. The van der Waals surface area contributed by atoms with E-state index in [0.717, 1.165) is 0 Å². The topological polar surface area (TPSA) is 71.7 Å². The summed E-state index contributed by atoms with van der Waals surface area (Å²) in [5, 5.41) is 12.1. The Kier molecular flexibility index (Phi) is 5.56. The number of methoxy groups -OCH3 is 1. The summed E-state index contributed by atoms with van der Waals surface area (Å²) in [7, 11) is 1.57. The second-order valence-corrected chi connectivity index (χ2v) is 7.62. The molecule has 0 unspecified atom stereocenters. The minimum Gasteiger partial charge on any atom is -0.496 e. The molecule has 0 bridgehead atoms. The molecule has 2 N–H and O–H groups in total. The van der Waals surface area contributed by atoms with Crippen molar-refractivity contribution in [2.24, 2.45) is 0 Å². The zero-order valence-corrected chi connectivity index (χ0v) is 16.6. The zero-order chi connectivity index (χ0) is 20.3. The molecule has 5 nitrogen and oxygen atoms in total. The molecule has 0 radical (unpaired) electrons. The highest BCUT2D eigenvalue weighted by molar-refractivity contribution is 6.04. The summed E-state index contributed by atoms with van der Waals surface area (Å²) in [5.41, 5.74) is 3.13. The molecule has 0 aliphatic heterocycles. The Hall–Kier alpha value is -3.05. The lowest BCUT2D eigenvalue weighted by molar-refractivity contribution is 0.102. The molecule has 0 atom stereocenters. The molecule has 146 valence electrons. The average molecular weight is 379 g/mol. The molecule has 1 amide bonds. The van der Waals surface area contributed by atoms with Gasteiger partial charge in [-0.3, -0.25) is 4.79 Å². The number of rotatable bonds is 5. The number of nitrogens with one attached hydrogen (secondary N) is 1. The molecule has 0 aliphatic carbocycles. The molecule has 28 heavy (non-hydrogen) atoms. The first-order valence-corrected chi connectivity index (χ1v) is 9.11. The van der Waals surface area contributed by atoms with Crippen molar-refractivity contribution in [1.29, 1.82) is 0 Å². The van der Waals surface area contributed by atoms with Crippen molar-refractivity contribution in [3.63, 3.8) is 0 Å². The predicted octanol–water partition coefficient (Wildman–Crippen LogP) is 5.00. The number of amides is 1. The van der Waals surface area contributed by atoms with Crippen LogP contribution in [0.2, 0.25) is 0 Å². The van der Waals surface area contributed by atoms with Gasteiger partial charge < -0.3 is 19.6 Å². The highest BCUT2D eigenvalue weighted by atomic mass is 16.5. The number of hydrogen-bond donors (Lipinski definition) is 2. The summed E-state index contributed by atoms with van der Waals surface area (Å²) < 4.78 is 11.0. The number of aliphatic hydroxyl groups excluding tert-OH is 1. The van der Waals surface area contributed by atoms with Gasteiger partial charge in [-0.15, -0.1) is 0 Å². The first-order chi connectivity index (χ1) is 13.3. The molecule has 0 spiro atoms. The van der Waals surface area contributed by atoms with Crippen LogP contribution in [0, 0.1) is 0 Å². The number of furan rings is 1. The van der Waals surface area contributed by atoms with Crippen LogP contribution in [0.4, 0.5) is 5.69 Å². The lowest BCUT2D eigenvalue weighted by Gasteiger charge is -2.19. The number of carbonyl (C=O) groups excluding carboxylic acids is 1. The fourth-order valence-electron chi connectivity index (χ4n) is 2.91. The van der Waals surface area contributed by atoms with Crippen LogP contribution in [0.25, 0.3) is 11.3 Å². The van der Waals surface area contributed by atoms with Gasteiger partial charge in [0.1, 0.15) is 23.9 Å². The van der Waals surface area contributed by atoms with Gasteiger partial charge in [-0.05, 0) is 53.4 Å². The van der Waals surface area contributed by atoms with Gasteiger partial charge >= 0.3 is 0 Å². The fourth-order valence-corrected chi connectivity index (χ4v) is 2.91. The van der Waals surface area contributed by atoms with E-state index in [1.54, 1.807) is 37.4 Å². The smallest absolute Gasteiger partial charge is 0.255 e. The zero-order valence-electron chi connectivity index (χ0n) is 16.6. The van der Waals surface area contributed by atoms with Gasteiger partial charge in [0.25, 0.3) is 5.91 Å². The maximum Gasteiger partial charge on any atom is 0.255 e. The minimum absolute atomic E-state index is 0.0380. The lowest BCUT2D eigenvalue weighted by atomic mass is 9.87. The summed E-state index contributed by atoms with van der Waals surface area (Å²) in [4.78, 5) is 12.6. The van der Waals surface area contributed by atoms with E-state index in [4.69, 9.17) is 9.15 Å². The van der Waals surface area contributed by atoms with E-state index < -0.39 is 0 Å². The second-order valence-electron chi connectivity index (χ2n) is 7.62. The highest BCUT2D eigenvalue weighted by Crippen LogP contribution is 2.34. The molecule has 0 saturated carbocycles. The molecule has 0 saturated heterocycles. The summed E-state index contributed by atoms with van der Waals surface area (Å²) in [6, 6.07) is 16.4. The van der Waals surface area contributed by atoms with Crippen molar-refractivity contribution in [3.8, 4) is 17.1 Å². The maximum absolute atomic E-state index is 12.6. The molecule has 5 heteroatoms. The van der Waals surface area contributed by atoms with Crippen molar-refractivity contribution in [2.45, 2.75) is 32.8 Å². The van der Waals surface area contributed by atoms with Gasteiger partial charge in [-0.25, -0.2) is 0 Å². The Labute approximate surface area is 165 Å². The summed E-state index contributed by atoms with van der Waals surface area (Å²) in [6.45, 7) is 6.23. The number of ether oxygens (including phenoxy) is 1. The summed E-state index contributed by atoms with van der Waals surface area (Å²) in [5.74, 6) is 1.45. The third-order valence-electron chi connectivity index (χ3n) is 4.55. The van der Waals surface area contributed by atoms with E-state index in [1.165, 1.54) is 5.56 Å². The van der Waals surface area contributed by atoms with Crippen molar-refractivity contribution in [2.75, 3.05) is 12.4 Å². The maximum atomic E-state index is 12.6. The van der Waals surface area contributed by atoms with Gasteiger partial charge in [-0.2, -0.15) is 0 Å². The van der Waals surface area contributed by atoms with Crippen molar-refractivity contribution in [3.05, 3.63) is 71.5 Å².